The maximum atomic E-state index is 5.96. The van der Waals surface area contributed by atoms with Gasteiger partial charge >= 0.3 is 0 Å². The monoisotopic (exact) mass is 288 g/mol. The van der Waals surface area contributed by atoms with Crippen LogP contribution in [-0.4, -0.2) is 23.2 Å². The molecule has 0 saturated heterocycles. The molecule has 0 fully saturated rings. The van der Waals surface area contributed by atoms with E-state index in [1.807, 2.05) is 26.0 Å². The molecule has 0 aliphatic rings. The first kappa shape index (κ1) is 17.3. The molecule has 0 aliphatic carbocycles. The van der Waals surface area contributed by atoms with Crippen molar-refractivity contribution in [2.24, 2.45) is 0 Å². The van der Waals surface area contributed by atoms with Crippen LogP contribution < -0.4 is 0 Å². The van der Waals surface area contributed by atoms with Crippen molar-refractivity contribution in [3.63, 3.8) is 0 Å². The van der Waals surface area contributed by atoms with Crippen molar-refractivity contribution in [3.05, 3.63) is 23.9 Å². The van der Waals surface area contributed by atoms with Crippen molar-refractivity contribution in [1.82, 2.24) is 0 Å². The highest BCUT2D eigenvalue weighted by Crippen LogP contribution is 2.17. The van der Waals surface area contributed by atoms with Gasteiger partial charge in [-0.1, -0.05) is 0 Å². The van der Waals surface area contributed by atoms with Gasteiger partial charge in [0.2, 0.25) is 16.6 Å². The van der Waals surface area contributed by atoms with Crippen LogP contribution in [0, 0.1) is 0 Å². The van der Waals surface area contributed by atoms with Crippen molar-refractivity contribution < 1.29 is 13.6 Å². The topological polar surface area (TPSA) is 27.7 Å². The van der Waals surface area contributed by atoms with Gasteiger partial charge in [-0.2, -0.15) is 0 Å². The summed E-state index contributed by atoms with van der Waals surface area (Å²) < 4.78 is 17.4. The third kappa shape index (κ3) is 9.35. The summed E-state index contributed by atoms with van der Waals surface area (Å²) in [6.07, 6.45) is 3.81. The third-order valence-corrected chi connectivity index (χ3v) is 3.32. The first-order valence-corrected chi connectivity index (χ1v) is 13.3. The highest BCUT2D eigenvalue weighted by Gasteiger charge is 2.21. The van der Waals surface area contributed by atoms with E-state index in [0.29, 0.717) is 12.6 Å². The molecule has 0 rings (SSSR count). The minimum Gasteiger partial charge on any atom is -0.544 e. The number of hydrogen-bond acceptors (Lipinski definition) is 3. The lowest BCUT2D eigenvalue weighted by atomic mass is 10.4. The van der Waals surface area contributed by atoms with E-state index in [-0.39, 0.29) is 0 Å². The molecular formula is C13H28O3Si2. The molecule has 0 amide bonds. The van der Waals surface area contributed by atoms with Gasteiger partial charge in [0.15, 0.2) is 0 Å². The Morgan fingerprint density at radius 3 is 1.78 bits per heavy atom. The molecule has 0 heterocycles. The number of rotatable bonds is 7. The zero-order valence-electron chi connectivity index (χ0n) is 13.1. The third-order valence-electron chi connectivity index (χ3n) is 1.66. The van der Waals surface area contributed by atoms with Gasteiger partial charge < -0.3 is 13.6 Å². The summed E-state index contributed by atoms with van der Waals surface area (Å²) in [6, 6.07) is 0. The summed E-state index contributed by atoms with van der Waals surface area (Å²) in [5, 5.41) is 0. The second kappa shape index (κ2) is 7.04. The molecule has 0 spiro atoms. The second-order valence-corrected chi connectivity index (χ2v) is 14.9. The number of allylic oxidation sites excluding steroid dienone is 2. The lowest BCUT2D eigenvalue weighted by Crippen LogP contribution is -2.27. The van der Waals surface area contributed by atoms with Gasteiger partial charge in [0.25, 0.3) is 5.95 Å². The lowest BCUT2D eigenvalue weighted by molar-refractivity contribution is 0.111. The van der Waals surface area contributed by atoms with Crippen molar-refractivity contribution in [2.45, 2.75) is 53.1 Å². The van der Waals surface area contributed by atoms with Gasteiger partial charge in [0, 0.05) is 0 Å². The van der Waals surface area contributed by atoms with E-state index in [1.54, 1.807) is 0 Å². The lowest BCUT2D eigenvalue weighted by Gasteiger charge is -2.23. The van der Waals surface area contributed by atoms with E-state index in [4.69, 9.17) is 13.6 Å². The molecule has 0 atom stereocenters. The normalized spacial score (nSPS) is 14.4. The fourth-order valence-corrected chi connectivity index (χ4v) is 2.79. The van der Waals surface area contributed by atoms with E-state index in [9.17, 15) is 0 Å². The summed E-state index contributed by atoms with van der Waals surface area (Å²) in [6.45, 7) is 17.4. The van der Waals surface area contributed by atoms with Gasteiger partial charge in [0.05, 0.1) is 12.7 Å². The van der Waals surface area contributed by atoms with E-state index in [1.165, 1.54) is 0 Å². The molecule has 5 heteroatoms. The van der Waals surface area contributed by atoms with Crippen molar-refractivity contribution in [3.8, 4) is 0 Å². The van der Waals surface area contributed by atoms with Crippen LogP contribution in [0.2, 0.25) is 39.3 Å². The average Bonchev–Trinajstić information content (AvgIpc) is 2.12. The molecule has 0 aromatic carbocycles. The van der Waals surface area contributed by atoms with Gasteiger partial charge in [-0.15, -0.1) is 0 Å². The molecule has 0 aromatic rings. The predicted molar refractivity (Wildman–Crippen MR) is 82.3 cm³/mol. The first-order valence-electron chi connectivity index (χ1n) is 6.46. The van der Waals surface area contributed by atoms with Crippen LogP contribution in [0.25, 0.3) is 0 Å². The minimum atomic E-state index is -1.66. The number of hydrogen-bond donors (Lipinski definition) is 0. The van der Waals surface area contributed by atoms with Crippen LogP contribution in [-0.2, 0) is 13.6 Å². The highest BCUT2D eigenvalue weighted by atomic mass is 28.4. The molecule has 0 saturated carbocycles. The molecule has 3 nitrogen and oxygen atoms in total. The fourth-order valence-electron chi connectivity index (χ4n) is 1.19. The standard InChI is InChI=1S/C13H28O3Si2/c1-9-12(15-17(3,4)5)11-13(14-10-2)16-18(6,7)8/h9,11H,10H2,1-8H3/b12-9+,13-11+. The summed E-state index contributed by atoms with van der Waals surface area (Å²) in [5.74, 6) is 1.40. The first-order chi connectivity index (χ1) is 8.07. The molecule has 106 valence electrons. The second-order valence-electron chi connectivity index (χ2n) is 6.02. The summed E-state index contributed by atoms with van der Waals surface area (Å²) in [5.41, 5.74) is 0. The number of ether oxygens (including phenoxy) is 1. The average molecular weight is 289 g/mol. The van der Waals surface area contributed by atoms with Crippen LogP contribution in [0.3, 0.4) is 0 Å². The van der Waals surface area contributed by atoms with E-state index < -0.39 is 16.6 Å². The Morgan fingerprint density at radius 1 is 0.944 bits per heavy atom. The van der Waals surface area contributed by atoms with E-state index in [2.05, 4.69) is 39.3 Å². The zero-order chi connectivity index (χ0) is 14.4. The molecule has 0 aliphatic heterocycles. The summed E-state index contributed by atoms with van der Waals surface area (Å²) >= 11 is 0. The Bertz CT molecular complexity index is 309. The summed E-state index contributed by atoms with van der Waals surface area (Å²) in [4.78, 5) is 0. The Hall–Kier alpha value is -0.686. The van der Waals surface area contributed by atoms with E-state index >= 15 is 0 Å². The van der Waals surface area contributed by atoms with Crippen molar-refractivity contribution in [2.75, 3.05) is 6.61 Å². The molecule has 0 bridgehead atoms. The van der Waals surface area contributed by atoms with Gasteiger partial charge in [-0.3, -0.25) is 0 Å². The quantitative estimate of drug-likeness (QED) is 0.393. The fraction of sp³-hybridized carbons (Fsp3) is 0.692. The molecule has 0 N–H and O–H groups in total. The molecule has 0 radical (unpaired) electrons. The van der Waals surface area contributed by atoms with Gasteiger partial charge in [-0.25, -0.2) is 0 Å². The van der Waals surface area contributed by atoms with Crippen LogP contribution >= 0.6 is 0 Å². The Morgan fingerprint density at radius 2 is 1.44 bits per heavy atom. The van der Waals surface area contributed by atoms with E-state index in [0.717, 1.165) is 5.76 Å². The van der Waals surface area contributed by atoms with Gasteiger partial charge in [0.1, 0.15) is 5.76 Å². The maximum absolute atomic E-state index is 5.96. The SMILES string of the molecule is C/C=C(\C=C(/OCC)O[Si](C)(C)C)O[Si](C)(C)C. The van der Waals surface area contributed by atoms with Crippen LogP contribution in [0.1, 0.15) is 13.8 Å². The summed E-state index contributed by atoms with van der Waals surface area (Å²) in [7, 11) is -3.26. The maximum Gasteiger partial charge on any atom is 0.268 e. The zero-order valence-corrected chi connectivity index (χ0v) is 15.1. The molecule has 18 heavy (non-hydrogen) atoms. The molecule has 0 unspecified atom stereocenters. The van der Waals surface area contributed by atoms with Crippen molar-refractivity contribution >= 4 is 16.6 Å². The van der Waals surface area contributed by atoms with Crippen LogP contribution in [0.15, 0.2) is 23.9 Å². The molecular weight excluding hydrogens is 260 g/mol. The Balaban J connectivity index is 4.91. The largest absolute Gasteiger partial charge is 0.544 e. The predicted octanol–water partition coefficient (Wildman–Crippen LogP) is 4.47. The van der Waals surface area contributed by atoms with Crippen LogP contribution in [0.5, 0.6) is 0 Å². The Kier molecular flexibility index (Phi) is 6.77. The minimum absolute atomic E-state index is 0.572. The Labute approximate surface area is 114 Å². The van der Waals surface area contributed by atoms with Gasteiger partial charge in [-0.05, 0) is 59.2 Å². The van der Waals surface area contributed by atoms with Crippen LogP contribution in [0.4, 0.5) is 0 Å². The smallest absolute Gasteiger partial charge is 0.268 e. The highest BCUT2D eigenvalue weighted by molar-refractivity contribution is 6.70. The molecule has 0 aromatic heterocycles. The van der Waals surface area contributed by atoms with Crippen molar-refractivity contribution in [1.29, 1.82) is 0 Å².